The van der Waals surface area contributed by atoms with Gasteiger partial charge in [0.15, 0.2) is 0 Å². The van der Waals surface area contributed by atoms with Crippen molar-refractivity contribution in [3.05, 3.63) is 78.5 Å². The van der Waals surface area contributed by atoms with Crippen molar-refractivity contribution in [3.63, 3.8) is 0 Å². The van der Waals surface area contributed by atoms with E-state index in [0.717, 1.165) is 32.0 Å². The Morgan fingerprint density at radius 1 is 0.871 bits per heavy atom. The molecule has 160 valence electrons. The maximum Gasteiger partial charge on any atom is 0.335 e. The Morgan fingerprint density at radius 2 is 1.52 bits per heavy atom. The molecule has 3 aromatic rings. The van der Waals surface area contributed by atoms with E-state index in [4.69, 9.17) is 5.11 Å². The maximum absolute atomic E-state index is 12.5. The Bertz CT molecular complexity index is 1140. The van der Waals surface area contributed by atoms with Crippen molar-refractivity contribution in [3.8, 4) is 0 Å². The van der Waals surface area contributed by atoms with Crippen LogP contribution in [0.25, 0.3) is 0 Å². The number of carboxylic acids is 1. The second kappa shape index (κ2) is 8.65. The summed E-state index contributed by atoms with van der Waals surface area (Å²) in [7, 11) is -3.83. The van der Waals surface area contributed by atoms with Crippen LogP contribution in [0, 0.1) is 0 Å². The summed E-state index contributed by atoms with van der Waals surface area (Å²) in [5, 5.41) is 8.94. The quantitative estimate of drug-likeness (QED) is 0.610. The van der Waals surface area contributed by atoms with Crippen LogP contribution in [0.4, 0.5) is 17.2 Å². The van der Waals surface area contributed by atoms with Gasteiger partial charge in [0.05, 0.1) is 22.3 Å². The molecule has 2 heterocycles. The first-order valence-corrected chi connectivity index (χ1v) is 11.3. The van der Waals surface area contributed by atoms with E-state index in [1.54, 1.807) is 12.1 Å². The number of piperazine rings is 1. The molecule has 2 aromatic carbocycles. The number of hydrogen-bond acceptors (Lipinski definition) is 6. The van der Waals surface area contributed by atoms with E-state index in [2.05, 4.69) is 31.6 Å². The number of pyridine rings is 1. The number of nitrogens with zero attached hydrogens (tertiary/aromatic N) is 3. The van der Waals surface area contributed by atoms with E-state index >= 15 is 0 Å². The number of aromatic carboxylic acids is 1. The fourth-order valence-electron chi connectivity index (χ4n) is 3.46. The number of carboxylic acid groups (broad SMARTS) is 1. The third kappa shape index (κ3) is 4.77. The van der Waals surface area contributed by atoms with E-state index < -0.39 is 16.0 Å². The number of rotatable bonds is 6. The zero-order valence-corrected chi connectivity index (χ0v) is 17.5. The molecule has 1 saturated heterocycles. The summed E-state index contributed by atoms with van der Waals surface area (Å²) in [6, 6.07) is 18.8. The predicted molar refractivity (Wildman–Crippen MR) is 119 cm³/mol. The van der Waals surface area contributed by atoms with E-state index in [1.807, 2.05) is 18.2 Å². The van der Waals surface area contributed by atoms with Gasteiger partial charge in [-0.3, -0.25) is 4.72 Å². The van der Waals surface area contributed by atoms with Gasteiger partial charge in [0.1, 0.15) is 5.82 Å². The molecule has 1 aliphatic rings. The zero-order chi connectivity index (χ0) is 21.8. The van der Waals surface area contributed by atoms with E-state index in [1.165, 1.54) is 36.1 Å². The van der Waals surface area contributed by atoms with Crippen molar-refractivity contribution < 1.29 is 18.3 Å². The molecule has 1 aliphatic heterocycles. The van der Waals surface area contributed by atoms with Gasteiger partial charge in [0, 0.05) is 31.9 Å². The highest BCUT2D eigenvalue weighted by Crippen LogP contribution is 2.21. The van der Waals surface area contributed by atoms with Crippen LogP contribution in [0.5, 0.6) is 0 Å². The first-order valence-electron chi connectivity index (χ1n) is 9.79. The molecular weight excluding hydrogens is 416 g/mol. The lowest BCUT2D eigenvalue weighted by Crippen LogP contribution is -2.46. The number of aromatic nitrogens is 1. The van der Waals surface area contributed by atoms with E-state index in [0.29, 0.717) is 5.69 Å². The summed E-state index contributed by atoms with van der Waals surface area (Å²) in [4.78, 5) is 19.8. The number of benzene rings is 2. The third-order valence-electron chi connectivity index (χ3n) is 5.14. The third-order valence-corrected chi connectivity index (χ3v) is 6.53. The highest BCUT2D eigenvalue weighted by atomic mass is 32.2. The number of sulfonamides is 1. The lowest BCUT2D eigenvalue weighted by atomic mass is 10.2. The molecule has 4 rings (SSSR count). The monoisotopic (exact) mass is 438 g/mol. The van der Waals surface area contributed by atoms with Gasteiger partial charge in [0.2, 0.25) is 0 Å². The van der Waals surface area contributed by atoms with Crippen LogP contribution < -0.4 is 14.5 Å². The first kappa shape index (κ1) is 20.7. The van der Waals surface area contributed by atoms with E-state index in [9.17, 15) is 13.2 Å². The largest absolute Gasteiger partial charge is 0.478 e. The smallest absolute Gasteiger partial charge is 0.335 e. The number of para-hydroxylation sites is 1. The van der Waals surface area contributed by atoms with Crippen LogP contribution in [0.15, 0.2) is 77.8 Å². The molecule has 0 saturated carbocycles. The van der Waals surface area contributed by atoms with Crippen molar-refractivity contribution in [1.29, 1.82) is 0 Å². The lowest BCUT2D eigenvalue weighted by molar-refractivity contribution is 0.0696. The van der Waals surface area contributed by atoms with Gasteiger partial charge in [-0.1, -0.05) is 18.2 Å². The van der Waals surface area contributed by atoms with Gasteiger partial charge in [-0.25, -0.2) is 18.2 Å². The standard InChI is InChI=1S/C22H22N4O4S/c27-22(28)17-6-9-20(10-7-17)31(29,30)24-18-8-11-21(23-16-18)26-14-12-25(13-15-26)19-4-2-1-3-5-19/h1-11,16,24H,12-15H2,(H,27,28). The van der Waals surface area contributed by atoms with Crippen molar-refractivity contribution in [2.75, 3.05) is 40.7 Å². The second-order valence-corrected chi connectivity index (χ2v) is 8.83. The Kier molecular flexibility index (Phi) is 5.77. The lowest BCUT2D eigenvalue weighted by Gasteiger charge is -2.36. The fraction of sp³-hybridized carbons (Fsp3) is 0.182. The van der Waals surface area contributed by atoms with Crippen LogP contribution >= 0.6 is 0 Å². The van der Waals surface area contributed by atoms with Crippen LogP contribution in [-0.2, 0) is 10.0 Å². The fourth-order valence-corrected chi connectivity index (χ4v) is 4.50. The summed E-state index contributed by atoms with van der Waals surface area (Å²) in [5.74, 6) is -0.317. The first-order chi connectivity index (χ1) is 14.9. The SMILES string of the molecule is O=C(O)c1ccc(S(=O)(=O)Nc2ccc(N3CCN(c4ccccc4)CC3)nc2)cc1. The molecule has 2 N–H and O–H groups in total. The summed E-state index contributed by atoms with van der Waals surface area (Å²) in [6.07, 6.45) is 1.49. The van der Waals surface area contributed by atoms with Gasteiger partial charge < -0.3 is 14.9 Å². The molecule has 0 bridgehead atoms. The summed E-state index contributed by atoms with van der Waals surface area (Å²) < 4.78 is 27.6. The Hall–Kier alpha value is -3.59. The average molecular weight is 439 g/mol. The number of nitrogens with one attached hydrogen (secondary N) is 1. The highest BCUT2D eigenvalue weighted by Gasteiger charge is 2.19. The molecule has 0 spiro atoms. The number of hydrogen-bond donors (Lipinski definition) is 2. The number of anilines is 3. The van der Waals surface area contributed by atoms with Crippen molar-refractivity contribution >= 4 is 33.2 Å². The molecule has 0 atom stereocenters. The molecule has 0 aliphatic carbocycles. The Balaban J connectivity index is 1.39. The summed E-state index contributed by atoms with van der Waals surface area (Å²) in [6.45, 7) is 3.41. The van der Waals surface area contributed by atoms with Crippen molar-refractivity contribution in [1.82, 2.24) is 4.98 Å². The summed E-state index contributed by atoms with van der Waals surface area (Å²) in [5.41, 5.74) is 1.57. The molecule has 0 amide bonds. The van der Waals surface area contributed by atoms with E-state index in [-0.39, 0.29) is 10.5 Å². The minimum Gasteiger partial charge on any atom is -0.478 e. The minimum atomic E-state index is -3.83. The second-order valence-electron chi connectivity index (χ2n) is 7.15. The van der Waals surface area contributed by atoms with Gasteiger partial charge in [-0.05, 0) is 48.5 Å². The van der Waals surface area contributed by atoms with Gasteiger partial charge in [-0.2, -0.15) is 0 Å². The number of carbonyl (C=O) groups is 1. The molecule has 31 heavy (non-hydrogen) atoms. The zero-order valence-electron chi connectivity index (χ0n) is 16.7. The van der Waals surface area contributed by atoms with Crippen LogP contribution in [0.2, 0.25) is 0 Å². The van der Waals surface area contributed by atoms with Gasteiger partial charge >= 0.3 is 5.97 Å². The summed E-state index contributed by atoms with van der Waals surface area (Å²) >= 11 is 0. The maximum atomic E-state index is 12.5. The molecular formula is C22H22N4O4S. The average Bonchev–Trinajstić information content (AvgIpc) is 2.80. The van der Waals surface area contributed by atoms with Crippen molar-refractivity contribution in [2.45, 2.75) is 4.90 Å². The molecule has 0 radical (unpaired) electrons. The van der Waals surface area contributed by atoms with Crippen LogP contribution in [-0.4, -0.2) is 50.7 Å². The Morgan fingerprint density at radius 3 is 2.10 bits per heavy atom. The highest BCUT2D eigenvalue weighted by molar-refractivity contribution is 7.92. The molecule has 8 nitrogen and oxygen atoms in total. The normalized spacial score (nSPS) is 14.3. The Labute approximate surface area is 180 Å². The van der Waals surface area contributed by atoms with Crippen LogP contribution in [0.3, 0.4) is 0 Å². The van der Waals surface area contributed by atoms with Crippen LogP contribution in [0.1, 0.15) is 10.4 Å². The molecule has 9 heteroatoms. The predicted octanol–water partition coefficient (Wildman–Crippen LogP) is 2.91. The molecule has 1 fully saturated rings. The topological polar surface area (TPSA) is 103 Å². The molecule has 0 unspecified atom stereocenters. The van der Waals surface area contributed by atoms with Gasteiger partial charge in [-0.15, -0.1) is 0 Å². The van der Waals surface area contributed by atoms with Gasteiger partial charge in [0.25, 0.3) is 10.0 Å². The molecule has 1 aromatic heterocycles. The minimum absolute atomic E-state index is 0.0152. The van der Waals surface area contributed by atoms with Crippen molar-refractivity contribution in [2.24, 2.45) is 0 Å².